The summed E-state index contributed by atoms with van der Waals surface area (Å²) in [7, 11) is -0.481. The number of rotatable bonds is 7. The Bertz CT molecular complexity index is 894. The van der Waals surface area contributed by atoms with Crippen LogP contribution in [0.4, 0.5) is 0 Å². The summed E-state index contributed by atoms with van der Waals surface area (Å²) in [5, 5.41) is 6.66. The average Bonchev–Trinajstić information content (AvgIpc) is 3.44. The number of nitrogens with one attached hydrogen (secondary N) is 2. The van der Waals surface area contributed by atoms with Crippen LogP contribution in [0.15, 0.2) is 34.2 Å². The maximum Gasteiger partial charge on any atom is 0.242 e. The molecule has 1 unspecified atom stereocenters. The molecule has 31 heavy (non-hydrogen) atoms. The van der Waals surface area contributed by atoms with Crippen LogP contribution in [0.2, 0.25) is 0 Å². The number of carbonyl (C=O) groups excluding carboxylic acids is 1. The van der Waals surface area contributed by atoms with Gasteiger partial charge in [-0.3, -0.25) is 4.79 Å². The fourth-order valence-corrected chi connectivity index (χ4v) is 5.38. The molecular weight excluding hydrogens is 414 g/mol. The Kier molecular flexibility index (Phi) is 7.94. The Hall–Kier alpha value is -2.13. The molecule has 2 fully saturated rings. The van der Waals surface area contributed by atoms with E-state index in [9.17, 15) is 13.2 Å². The molecule has 1 aromatic carbocycles. The Morgan fingerprint density at radius 3 is 2.58 bits per heavy atom. The summed E-state index contributed by atoms with van der Waals surface area (Å²) in [4.78, 5) is 19.6. The Morgan fingerprint density at radius 1 is 1.19 bits per heavy atom. The summed E-state index contributed by atoms with van der Waals surface area (Å²) in [6.45, 7) is 4.39. The summed E-state index contributed by atoms with van der Waals surface area (Å²) < 4.78 is 26.5. The highest BCUT2D eigenvalue weighted by Gasteiger charge is 2.32. The molecule has 1 aliphatic heterocycles. The molecule has 9 heteroatoms. The van der Waals surface area contributed by atoms with E-state index in [4.69, 9.17) is 0 Å². The second-order valence-electron chi connectivity index (χ2n) is 8.49. The van der Waals surface area contributed by atoms with Gasteiger partial charge in [-0.25, -0.2) is 17.7 Å². The zero-order valence-electron chi connectivity index (χ0n) is 18.8. The summed E-state index contributed by atoms with van der Waals surface area (Å²) in [6.07, 6.45) is 5.25. The van der Waals surface area contributed by atoms with E-state index in [1.807, 2.05) is 17.9 Å². The fraction of sp³-hybridized carbons (Fsp3) is 0.636. The number of hydrogen-bond acceptors (Lipinski definition) is 4. The zero-order chi connectivity index (χ0) is 22.4. The summed E-state index contributed by atoms with van der Waals surface area (Å²) >= 11 is 0. The quantitative estimate of drug-likeness (QED) is 0.489. The van der Waals surface area contributed by atoms with Crippen molar-refractivity contribution in [1.82, 2.24) is 19.8 Å². The lowest BCUT2D eigenvalue weighted by Crippen LogP contribution is -2.45. The highest BCUT2D eigenvalue weighted by Crippen LogP contribution is 2.28. The van der Waals surface area contributed by atoms with Crippen molar-refractivity contribution in [1.29, 1.82) is 0 Å². The van der Waals surface area contributed by atoms with Crippen molar-refractivity contribution >= 4 is 21.9 Å². The van der Waals surface area contributed by atoms with E-state index in [1.165, 1.54) is 18.4 Å². The first-order valence-corrected chi connectivity index (χ1v) is 12.6. The van der Waals surface area contributed by atoms with Gasteiger partial charge in [0.15, 0.2) is 5.96 Å². The fourth-order valence-electron chi connectivity index (χ4n) is 4.27. The summed E-state index contributed by atoms with van der Waals surface area (Å²) in [5.41, 5.74) is 0.651. The summed E-state index contributed by atoms with van der Waals surface area (Å²) in [5.74, 6) is 1.14. The number of likely N-dealkylation sites (tertiary alicyclic amines) is 1. The lowest BCUT2D eigenvalue weighted by Gasteiger charge is -2.21. The number of nitrogens with zero attached hydrogens (tertiary/aromatic N) is 3. The molecule has 1 saturated heterocycles. The second kappa shape index (κ2) is 10.5. The minimum atomic E-state index is -3.54. The van der Waals surface area contributed by atoms with Crippen molar-refractivity contribution in [2.45, 2.75) is 56.5 Å². The van der Waals surface area contributed by atoms with E-state index >= 15 is 0 Å². The van der Waals surface area contributed by atoms with Crippen LogP contribution >= 0.6 is 0 Å². The van der Waals surface area contributed by atoms with E-state index in [0.717, 1.165) is 38.6 Å². The molecule has 1 heterocycles. The number of carbonyl (C=O) groups is 1. The van der Waals surface area contributed by atoms with Crippen molar-refractivity contribution in [3.8, 4) is 0 Å². The van der Waals surface area contributed by atoms with Gasteiger partial charge in [0.05, 0.1) is 11.4 Å². The number of benzene rings is 1. The van der Waals surface area contributed by atoms with Crippen LogP contribution in [0.1, 0.15) is 44.6 Å². The number of sulfonamides is 1. The number of aliphatic imine (C=N–C) groups is 1. The second-order valence-corrected chi connectivity index (χ2v) is 10.6. The minimum absolute atomic E-state index is 0.143. The minimum Gasteiger partial charge on any atom is -0.357 e. The van der Waals surface area contributed by atoms with Crippen molar-refractivity contribution in [2.24, 2.45) is 10.9 Å². The first kappa shape index (κ1) is 23.5. The summed E-state index contributed by atoms with van der Waals surface area (Å²) in [6, 6.07) is 7.10. The molecule has 0 aromatic heterocycles. The van der Waals surface area contributed by atoms with E-state index in [2.05, 4.69) is 15.6 Å². The molecule has 8 nitrogen and oxygen atoms in total. The first-order valence-electron chi connectivity index (χ1n) is 11.2. The molecule has 3 rings (SSSR count). The molecule has 0 bridgehead atoms. The predicted octanol–water partition coefficient (Wildman–Crippen LogP) is 1.78. The predicted molar refractivity (Wildman–Crippen MR) is 122 cm³/mol. The number of guanidine groups is 1. The Labute approximate surface area is 186 Å². The molecule has 172 valence electrons. The van der Waals surface area contributed by atoms with Gasteiger partial charge in [-0.2, -0.15) is 0 Å². The highest BCUT2D eigenvalue weighted by molar-refractivity contribution is 7.89. The monoisotopic (exact) mass is 449 g/mol. The van der Waals surface area contributed by atoms with Crippen molar-refractivity contribution < 1.29 is 13.2 Å². The molecular formula is C22H35N5O3S. The van der Waals surface area contributed by atoms with Gasteiger partial charge in [0.1, 0.15) is 0 Å². The molecule has 2 aliphatic rings. The standard InChI is InChI=1S/C22H35N5O3S/c1-4-23-22(24-15-18-11-7-8-12-20(18)31(29,30)26(2)3)25-19-13-14-27(16-19)21(28)17-9-5-6-10-17/h7-8,11-12,17,19H,4-6,9-10,13-16H2,1-3H3,(H2,23,24,25). The van der Waals surface area contributed by atoms with Crippen molar-refractivity contribution in [3.63, 3.8) is 0 Å². The zero-order valence-corrected chi connectivity index (χ0v) is 19.6. The van der Waals surface area contributed by atoms with Crippen LogP contribution in [-0.4, -0.2) is 69.3 Å². The van der Waals surface area contributed by atoms with Gasteiger partial charge in [-0.15, -0.1) is 0 Å². The van der Waals surface area contributed by atoms with E-state index < -0.39 is 10.0 Å². The van der Waals surface area contributed by atoms with Crippen LogP contribution < -0.4 is 10.6 Å². The SMILES string of the molecule is CCNC(=NCc1ccccc1S(=O)(=O)N(C)C)NC1CCN(C(=O)C2CCCC2)C1. The maximum atomic E-state index is 12.7. The number of hydrogen-bond donors (Lipinski definition) is 2. The molecule has 1 saturated carbocycles. The molecule has 1 aromatic rings. The lowest BCUT2D eigenvalue weighted by atomic mass is 10.1. The lowest BCUT2D eigenvalue weighted by molar-refractivity contribution is -0.134. The van der Waals surface area contributed by atoms with Crippen LogP contribution in [-0.2, 0) is 21.4 Å². The van der Waals surface area contributed by atoms with E-state index in [-0.39, 0.29) is 23.4 Å². The van der Waals surface area contributed by atoms with Gasteiger partial charge >= 0.3 is 0 Å². The van der Waals surface area contributed by atoms with E-state index in [1.54, 1.807) is 18.2 Å². The van der Waals surface area contributed by atoms with Gasteiger partial charge < -0.3 is 15.5 Å². The maximum absolute atomic E-state index is 12.7. The van der Waals surface area contributed by atoms with Crippen molar-refractivity contribution in [3.05, 3.63) is 29.8 Å². The first-order chi connectivity index (χ1) is 14.8. The Balaban J connectivity index is 1.66. The molecule has 2 N–H and O–H groups in total. The largest absolute Gasteiger partial charge is 0.357 e. The third-order valence-electron chi connectivity index (χ3n) is 6.03. The third-order valence-corrected chi connectivity index (χ3v) is 7.94. The van der Waals surface area contributed by atoms with Gasteiger partial charge in [0, 0.05) is 45.7 Å². The molecule has 1 amide bonds. The smallest absolute Gasteiger partial charge is 0.242 e. The van der Waals surface area contributed by atoms with E-state index in [0.29, 0.717) is 30.5 Å². The van der Waals surface area contributed by atoms with Crippen LogP contribution in [0, 0.1) is 5.92 Å². The van der Waals surface area contributed by atoms with Gasteiger partial charge in [-0.05, 0) is 37.8 Å². The van der Waals surface area contributed by atoms with Crippen LogP contribution in [0.3, 0.4) is 0 Å². The molecule has 0 radical (unpaired) electrons. The van der Waals surface area contributed by atoms with Crippen LogP contribution in [0.5, 0.6) is 0 Å². The third kappa shape index (κ3) is 5.77. The molecule has 1 aliphatic carbocycles. The Morgan fingerprint density at radius 2 is 1.90 bits per heavy atom. The van der Waals surface area contributed by atoms with Gasteiger partial charge in [0.25, 0.3) is 0 Å². The molecule has 1 atom stereocenters. The number of amides is 1. The highest BCUT2D eigenvalue weighted by atomic mass is 32.2. The van der Waals surface area contributed by atoms with Crippen LogP contribution in [0.25, 0.3) is 0 Å². The van der Waals surface area contributed by atoms with Gasteiger partial charge in [-0.1, -0.05) is 31.0 Å². The van der Waals surface area contributed by atoms with Gasteiger partial charge in [0.2, 0.25) is 15.9 Å². The van der Waals surface area contributed by atoms with Crippen molar-refractivity contribution in [2.75, 3.05) is 33.7 Å². The molecule has 0 spiro atoms. The average molecular weight is 450 g/mol. The topological polar surface area (TPSA) is 94.1 Å². The normalized spacial score (nSPS) is 20.5.